The molecule has 1 aromatic rings. The van der Waals surface area contributed by atoms with Crippen molar-refractivity contribution in [1.82, 2.24) is 0 Å². The largest absolute Gasteiger partial charge is 0.320 e. The number of benzene rings is 1. The molecule has 0 spiro atoms. The van der Waals surface area contributed by atoms with E-state index in [1.807, 2.05) is 6.07 Å². The van der Waals surface area contributed by atoms with Gasteiger partial charge in [-0.1, -0.05) is 19.8 Å². The Morgan fingerprint density at radius 1 is 1.44 bits per heavy atom. The lowest BCUT2D eigenvalue weighted by molar-refractivity contribution is -0.119. The maximum absolute atomic E-state index is 12.0. The molecule has 0 radical (unpaired) electrons. The molecular formula is C14H19N3O. The van der Waals surface area contributed by atoms with Gasteiger partial charge in [-0.2, -0.15) is 5.26 Å². The first-order valence-electron chi connectivity index (χ1n) is 6.13. The molecule has 0 aliphatic rings. The van der Waals surface area contributed by atoms with Gasteiger partial charge in [0.1, 0.15) is 0 Å². The van der Waals surface area contributed by atoms with E-state index in [9.17, 15) is 4.79 Å². The van der Waals surface area contributed by atoms with E-state index in [0.29, 0.717) is 12.0 Å². The average molecular weight is 245 g/mol. The summed E-state index contributed by atoms with van der Waals surface area (Å²) < 4.78 is 0. The molecule has 4 nitrogen and oxygen atoms in total. The van der Waals surface area contributed by atoms with E-state index < -0.39 is 6.04 Å². The minimum Gasteiger partial charge on any atom is -0.320 e. The number of nitrogens with two attached hydrogens (primary N) is 1. The summed E-state index contributed by atoms with van der Waals surface area (Å²) in [4.78, 5) is 13.6. The molecule has 0 saturated carbocycles. The molecule has 1 rings (SSSR count). The molecular weight excluding hydrogens is 226 g/mol. The van der Waals surface area contributed by atoms with Crippen LogP contribution in [-0.4, -0.2) is 19.0 Å². The lowest BCUT2D eigenvalue weighted by atomic mass is 10.1. The summed E-state index contributed by atoms with van der Waals surface area (Å²) in [6, 6.07) is 8.48. The van der Waals surface area contributed by atoms with Gasteiger partial charge in [0.15, 0.2) is 0 Å². The van der Waals surface area contributed by atoms with E-state index in [4.69, 9.17) is 11.0 Å². The summed E-state index contributed by atoms with van der Waals surface area (Å²) >= 11 is 0. The summed E-state index contributed by atoms with van der Waals surface area (Å²) in [6.07, 6.45) is 2.69. The number of nitriles is 1. The molecule has 1 unspecified atom stereocenters. The number of hydrogen-bond donors (Lipinski definition) is 1. The topological polar surface area (TPSA) is 70.1 Å². The van der Waals surface area contributed by atoms with E-state index in [1.54, 1.807) is 36.2 Å². The molecule has 0 heterocycles. The van der Waals surface area contributed by atoms with Crippen LogP contribution in [0.4, 0.5) is 5.69 Å². The number of amides is 1. The van der Waals surface area contributed by atoms with Crippen molar-refractivity contribution in [2.45, 2.75) is 32.2 Å². The van der Waals surface area contributed by atoms with Crippen LogP contribution in [0.25, 0.3) is 0 Å². The fraction of sp³-hybridized carbons (Fsp3) is 0.429. The molecule has 1 aromatic carbocycles. The Balaban J connectivity index is 2.70. The lowest BCUT2D eigenvalue weighted by Crippen LogP contribution is -2.41. The minimum atomic E-state index is -0.453. The zero-order valence-electron chi connectivity index (χ0n) is 10.9. The zero-order chi connectivity index (χ0) is 13.5. The fourth-order valence-electron chi connectivity index (χ4n) is 1.68. The molecule has 4 heteroatoms. The maximum atomic E-state index is 12.0. The van der Waals surface area contributed by atoms with Crippen molar-refractivity contribution in [2.24, 2.45) is 5.73 Å². The number of anilines is 1. The Bertz CT molecular complexity index is 433. The summed E-state index contributed by atoms with van der Waals surface area (Å²) in [7, 11) is 1.70. The molecule has 0 fully saturated rings. The molecule has 1 atom stereocenters. The van der Waals surface area contributed by atoms with E-state index in [2.05, 4.69) is 6.92 Å². The van der Waals surface area contributed by atoms with Crippen LogP contribution in [0, 0.1) is 11.3 Å². The average Bonchev–Trinajstić information content (AvgIpc) is 2.43. The highest BCUT2D eigenvalue weighted by Gasteiger charge is 2.18. The van der Waals surface area contributed by atoms with Crippen LogP contribution in [0.15, 0.2) is 24.3 Å². The molecule has 96 valence electrons. The SMILES string of the molecule is CCCCC(N)C(=O)N(C)c1ccc(C#N)cc1. The predicted molar refractivity (Wildman–Crippen MR) is 72.1 cm³/mol. The number of likely N-dealkylation sites (N-methyl/N-ethyl adjacent to an activating group) is 1. The van der Waals surface area contributed by atoms with E-state index in [-0.39, 0.29) is 5.91 Å². The summed E-state index contributed by atoms with van der Waals surface area (Å²) in [6.45, 7) is 2.07. The van der Waals surface area contributed by atoms with Crippen LogP contribution in [0.5, 0.6) is 0 Å². The highest BCUT2D eigenvalue weighted by atomic mass is 16.2. The van der Waals surface area contributed by atoms with Crippen molar-refractivity contribution in [3.05, 3.63) is 29.8 Å². The standard InChI is InChI=1S/C14H19N3O/c1-3-4-5-13(16)14(18)17(2)12-8-6-11(10-15)7-9-12/h6-9,13H,3-5,16H2,1-2H3. The summed E-state index contributed by atoms with van der Waals surface area (Å²) in [5, 5.41) is 8.71. The van der Waals surface area contributed by atoms with E-state index >= 15 is 0 Å². The summed E-state index contributed by atoms with van der Waals surface area (Å²) in [5.74, 6) is -0.0897. The van der Waals surface area contributed by atoms with Gasteiger partial charge in [0.05, 0.1) is 17.7 Å². The van der Waals surface area contributed by atoms with Crippen molar-refractivity contribution in [3.8, 4) is 6.07 Å². The molecule has 0 aliphatic heterocycles. The van der Waals surface area contributed by atoms with Crippen molar-refractivity contribution >= 4 is 11.6 Å². The van der Waals surface area contributed by atoms with Crippen molar-refractivity contribution in [1.29, 1.82) is 5.26 Å². The third-order valence-corrected chi connectivity index (χ3v) is 2.90. The predicted octanol–water partition coefficient (Wildman–Crippen LogP) is 2.04. The highest BCUT2D eigenvalue weighted by molar-refractivity contribution is 5.96. The third-order valence-electron chi connectivity index (χ3n) is 2.90. The molecule has 2 N–H and O–H groups in total. The summed E-state index contributed by atoms with van der Waals surface area (Å²) in [5.41, 5.74) is 7.19. The molecule has 18 heavy (non-hydrogen) atoms. The number of nitrogens with zero attached hydrogens (tertiary/aromatic N) is 2. The van der Waals surface area contributed by atoms with Crippen molar-refractivity contribution < 1.29 is 4.79 Å². The highest BCUT2D eigenvalue weighted by Crippen LogP contribution is 2.15. The van der Waals surface area contributed by atoms with Gasteiger partial charge in [0.2, 0.25) is 5.91 Å². The quantitative estimate of drug-likeness (QED) is 0.863. The number of unbranched alkanes of at least 4 members (excludes halogenated alkanes) is 1. The van der Waals surface area contributed by atoms with Gasteiger partial charge in [-0.05, 0) is 30.7 Å². The Kier molecular flexibility index (Phi) is 5.34. The second kappa shape index (κ2) is 6.77. The molecule has 0 bridgehead atoms. The van der Waals surface area contributed by atoms with Crippen LogP contribution in [-0.2, 0) is 4.79 Å². The van der Waals surface area contributed by atoms with Gasteiger partial charge >= 0.3 is 0 Å². The van der Waals surface area contributed by atoms with E-state index in [0.717, 1.165) is 18.5 Å². The number of hydrogen-bond acceptors (Lipinski definition) is 3. The lowest BCUT2D eigenvalue weighted by Gasteiger charge is -2.21. The normalized spacial score (nSPS) is 11.7. The van der Waals surface area contributed by atoms with Gasteiger partial charge < -0.3 is 10.6 Å². The minimum absolute atomic E-state index is 0.0897. The van der Waals surface area contributed by atoms with Crippen LogP contribution >= 0.6 is 0 Å². The van der Waals surface area contributed by atoms with Crippen molar-refractivity contribution in [2.75, 3.05) is 11.9 Å². The zero-order valence-corrected chi connectivity index (χ0v) is 10.9. The van der Waals surface area contributed by atoms with Crippen LogP contribution in [0.1, 0.15) is 31.7 Å². The smallest absolute Gasteiger partial charge is 0.243 e. The molecule has 0 saturated heterocycles. The molecule has 0 aliphatic carbocycles. The van der Waals surface area contributed by atoms with Crippen molar-refractivity contribution in [3.63, 3.8) is 0 Å². The van der Waals surface area contributed by atoms with Gasteiger partial charge in [-0.25, -0.2) is 0 Å². The Morgan fingerprint density at radius 2 is 2.06 bits per heavy atom. The first-order chi connectivity index (χ1) is 8.60. The van der Waals surface area contributed by atoms with Gasteiger partial charge in [-0.15, -0.1) is 0 Å². The second-order valence-electron chi connectivity index (χ2n) is 4.30. The maximum Gasteiger partial charge on any atom is 0.243 e. The molecule has 0 aromatic heterocycles. The Hall–Kier alpha value is -1.86. The molecule has 1 amide bonds. The Labute approximate surface area is 108 Å². The van der Waals surface area contributed by atoms with Gasteiger partial charge in [0, 0.05) is 12.7 Å². The van der Waals surface area contributed by atoms with Crippen LogP contribution < -0.4 is 10.6 Å². The second-order valence-corrected chi connectivity index (χ2v) is 4.30. The van der Waals surface area contributed by atoms with Gasteiger partial charge in [0.25, 0.3) is 0 Å². The van der Waals surface area contributed by atoms with E-state index in [1.165, 1.54) is 0 Å². The van der Waals surface area contributed by atoms with Gasteiger partial charge in [-0.3, -0.25) is 4.79 Å². The van der Waals surface area contributed by atoms with Crippen LogP contribution in [0.2, 0.25) is 0 Å². The fourth-order valence-corrected chi connectivity index (χ4v) is 1.68. The third kappa shape index (κ3) is 3.57. The first-order valence-corrected chi connectivity index (χ1v) is 6.13. The number of carbonyl (C=O) groups excluding carboxylic acids is 1. The number of rotatable bonds is 5. The first kappa shape index (κ1) is 14.2. The monoisotopic (exact) mass is 245 g/mol. The van der Waals surface area contributed by atoms with Crippen LogP contribution in [0.3, 0.4) is 0 Å². The Morgan fingerprint density at radius 3 is 2.56 bits per heavy atom. The number of carbonyl (C=O) groups is 1.